The van der Waals surface area contributed by atoms with Gasteiger partial charge in [-0.25, -0.2) is 0 Å². The van der Waals surface area contributed by atoms with Gasteiger partial charge in [-0.05, 0) is 32.3 Å². The maximum absolute atomic E-state index is 2.44. The molecule has 1 aromatic carbocycles. The Balaban J connectivity index is 2.27. The molecule has 1 aromatic rings. The zero-order valence-electron chi connectivity index (χ0n) is 11.7. The summed E-state index contributed by atoms with van der Waals surface area (Å²) in [5.41, 5.74) is 1.88. The van der Waals surface area contributed by atoms with Gasteiger partial charge < -0.3 is 4.48 Å². The first-order valence-electron chi connectivity index (χ1n) is 6.86. The van der Waals surface area contributed by atoms with E-state index in [1.807, 2.05) is 0 Å². The summed E-state index contributed by atoms with van der Waals surface area (Å²) in [6, 6.07) is 11.8. The Morgan fingerprint density at radius 3 is 2.41 bits per heavy atom. The highest BCUT2D eigenvalue weighted by atomic mass is 15.4. The lowest BCUT2D eigenvalue weighted by atomic mass is 9.74. The van der Waals surface area contributed by atoms with Crippen molar-refractivity contribution in [1.82, 2.24) is 0 Å². The van der Waals surface area contributed by atoms with Crippen LogP contribution in [0.1, 0.15) is 39.2 Å². The number of piperidine rings is 1. The largest absolute Gasteiger partial charge is 0.323 e. The molecule has 1 fully saturated rings. The average molecular weight is 232 g/mol. The highest BCUT2D eigenvalue weighted by Crippen LogP contribution is 2.37. The molecule has 1 saturated heterocycles. The first kappa shape index (κ1) is 12.6. The molecule has 0 spiro atoms. The van der Waals surface area contributed by atoms with E-state index < -0.39 is 0 Å². The summed E-state index contributed by atoms with van der Waals surface area (Å²) >= 11 is 0. The summed E-state index contributed by atoms with van der Waals surface area (Å²) in [4.78, 5) is 0. The van der Waals surface area contributed by atoms with E-state index in [0.29, 0.717) is 5.41 Å². The van der Waals surface area contributed by atoms with Crippen LogP contribution in [0.15, 0.2) is 30.3 Å². The summed E-state index contributed by atoms with van der Waals surface area (Å²) < 4.78 is 1.21. The van der Waals surface area contributed by atoms with Gasteiger partial charge in [-0.2, -0.15) is 0 Å². The molecule has 2 atom stereocenters. The number of rotatable bonds is 2. The molecule has 0 bridgehead atoms. The van der Waals surface area contributed by atoms with E-state index in [2.05, 4.69) is 58.2 Å². The molecule has 1 heterocycles. The number of benzene rings is 1. The van der Waals surface area contributed by atoms with Crippen LogP contribution in [0.4, 0.5) is 0 Å². The van der Waals surface area contributed by atoms with Gasteiger partial charge in [0.1, 0.15) is 0 Å². The van der Waals surface area contributed by atoms with Crippen LogP contribution in [0, 0.1) is 0 Å². The van der Waals surface area contributed by atoms with Crippen LogP contribution in [0.25, 0.3) is 0 Å². The Morgan fingerprint density at radius 1 is 1.18 bits per heavy atom. The number of quaternary nitrogens is 1. The Kier molecular flexibility index (Phi) is 3.31. The SMILES string of the molecule is CC(C)[N+]1(C)CCCC(C)(c2ccccc2)C1. The maximum atomic E-state index is 2.44. The predicted octanol–water partition coefficient (Wildman–Crippen LogP) is 3.59. The topological polar surface area (TPSA) is 0 Å². The van der Waals surface area contributed by atoms with E-state index >= 15 is 0 Å². The summed E-state index contributed by atoms with van der Waals surface area (Å²) in [5.74, 6) is 0. The molecule has 0 aromatic heterocycles. The standard InChI is InChI=1S/C16H26N/c1-14(2)17(4)12-8-11-16(3,13-17)15-9-6-5-7-10-15/h5-7,9-10,14H,8,11-13H2,1-4H3/q+1. The summed E-state index contributed by atoms with van der Waals surface area (Å²) in [6.45, 7) is 9.77. The fourth-order valence-electron chi connectivity index (χ4n) is 3.30. The second kappa shape index (κ2) is 4.45. The molecule has 1 heteroatoms. The molecule has 17 heavy (non-hydrogen) atoms. The molecule has 0 N–H and O–H groups in total. The predicted molar refractivity (Wildman–Crippen MR) is 74.1 cm³/mol. The molecule has 0 aliphatic carbocycles. The Bertz CT molecular complexity index is 370. The number of hydrogen-bond acceptors (Lipinski definition) is 0. The zero-order chi connectivity index (χ0) is 12.5. The second-order valence-electron chi connectivity index (χ2n) is 6.49. The van der Waals surface area contributed by atoms with Crippen LogP contribution in [-0.2, 0) is 5.41 Å². The van der Waals surface area contributed by atoms with Crippen molar-refractivity contribution in [2.24, 2.45) is 0 Å². The van der Waals surface area contributed by atoms with Crippen LogP contribution < -0.4 is 0 Å². The minimum absolute atomic E-state index is 0.360. The monoisotopic (exact) mass is 232 g/mol. The quantitative estimate of drug-likeness (QED) is 0.684. The summed E-state index contributed by atoms with van der Waals surface area (Å²) in [6.07, 6.45) is 2.68. The molecule has 2 rings (SSSR count). The lowest BCUT2D eigenvalue weighted by Gasteiger charge is -2.49. The van der Waals surface area contributed by atoms with Gasteiger partial charge in [0.15, 0.2) is 0 Å². The Morgan fingerprint density at radius 2 is 1.82 bits per heavy atom. The lowest BCUT2D eigenvalue weighted by molar-refractivity contribution is -0.938. The third-order valence-electron chi connectivity index (χ3n) is 4.83. The van der Waals surface area contributed by atoms with Gasteiger partial charge in [0, 0.05) is 5.41 Å². The van der Waals surface area contributed by atoms with Gasteiger partial charge >= 0.3 is 0 Å². The van der Waals surface area contributed by atoms with Gasteiger partial charge in [-0.1, -0.05) is 37.3 Å². The van der Waals surface area contributed by atoms with Crippen molar-refractivity contribution in [3.8, 4) is 0 Å². The lowest BCUT2D eigenvalue weighted by Crippen LogP contribution is -2.59. The first-order chi connectivity index (χ1) is 7.96. The van der Waals surface area contributed by atoms with E-state index in [4.69, 9.17) is 0 Å². The normalized spacial score (nSPS) is 33.9. The van der Waals surface area contributed by atoms with E-state index in [-0.39, 0.29) is 0 Å². The fourth-order valence-corrected chi connectivity index (χ4v) is 3.30. The van der Waals surface area contributed by atoms with Crippen molar-refractivity contribution in [1.29, 1.82) is 0 Å². The fraction of sp³-hybridized carbons (Fsp3) is 0.625. The number of nitrogens with zero attached hydrogens (tertiary/aromatic N) is 1. The summed E-state index contributed by atoms with van der Waals surface area (Å²) in [7, 11) is 2.42. The highest BCUT2D eigenvalue weighted by molar-refractivity contribution is 5.24. The molecule has 1 nitrogen and oxygen atoms in total. The van der Waals surface area contributed by atoms with Crippen LogP contribution in [0.2, 0.25) is 0 Å². The molecule has 0 amide bonds. The van der Waals surface area contributed by atoms with E-state index in [1.54, 1.807) is 0 Å². The van der Waals surface area contributed by atoms with E-state index in [1.165, 1.54) is 36.0 Å². The van der Waals surface area contributed by atoms with Crippen LogP contribution >= 0.6 is 0 Å². The summed E-state index contributed by atoms with van der Waals surface area (Å²) in [5, 5.41) is 0. The molecule has 0 radical (unpaired) electrons. The van der Waals surface area contributed by atoms with Crippen molar-refractivity contribution in [3.63, 3.8) is 0 Å². The molecular formula is C16H26N+. The third-order valence-corrected chi connectivity index (χ3v) is 4.83. The molecular weight excluding hydrogens is 206 g/mol. The first-order valence-corrected chi connectivity index (χ1v) is 6.86. The van der Waals surface area contributed by atoms with Crippen molar-refractivity contribution in [3.05, 3.63) is 35.9 Å². The molecule has 1 aliphatic heterocycles. The number of likely N-dealkylation sites (N-methyl/N-ethyl adjacent to an activating group) is 1. The van der Waals surface area contributed by atoms with Crippen molar-refractivity contribution in [2.75, 3.05) is 20.1 Å². The number of hydrogen-bond donors (Lipinski definition) is 0. The van der Waals surface area contributed by atoms with E-state index in [9.17, 15) is 0 Å². The smallest absolute Gasteiger partial charge is 0.0881 e. The van der Waals surface area contributed by atoms with Crippen LogP contribution in [0.5, 0.6) is 0 Å². The Labute approximate surface area is 106 Å². The van der Waals surface area contributed by atoms with Gasteiger partial charge in [-0.15, -0.1) is 0 Å². The average Bonchev–Trinajstić information content (AvgIpc) is 2.30. The molecule has 2 unspecified atom stereocenters. The van der Waals surface area contributed by atoms with Crippen molar-refractivity contribution in [2.45, 2.75) is 45.1 Å². The molecule has 1 aliphatic rings. The highest BCUT2D eigenvalue weighted by Gasteiger charge is 2.41. The van der Waals surface area contributed by atoms with Gasteiger partial charge in [0.2, 0.25) is 0 Å². The van der Waals surface area contributed by atoms with Gasteiger partial charge in [0.25, 0.3) is 0 Å². The molecule has 94 valence electrons. The van der Waals surface area contributed by atoms with Crippen molar-refractivity contribution < 1.29 is 4.48 Å². The Hall–Kier alpha value is -0.820. The minimum atomic E-state index is 0.360. The maximum Gasteiger partial charge on any atom is 0.0881 e. The second-order valence-corrected chi connectivity index (χ2v) is 6.49. The van der Waals surface area contributed by atoms with Crippen LogP contribution in [0.3, 0.4) is 0 Å². The number of likely N-dealkylation sites (tertiary alicyclic amines) is 1. The minimum Gasteiger partial charge on any atom is -0.323 e. The van der Waals surface area contributed by atoms with Crippen molar-refractivity contribution >= 4 is 0 Å². The third kappa shape index (κ3) is 2.40. The molecule has 0 saturated carbocycles. The zero-order valence-corrected chi connectivity index (χ0v) is 11.7. The van der Waals surface area contributed by atoms with Crippen LogP contribution in [-0.4, -0.2) is 30.7 Å². The van der Waals surface area contributed by atoms with E-state index in [0.717, 1.165) is 6.04 Å². The van der Waals surface area contributed by atoms with Gasteiger partial charge in [-0.3, -0.25) is 0 Å². The van der Waals surface area contributed by atoms with Gasteiger partial charge in [0.05, 0.1) is 26.2 Å².